The zero-order chi connectivity index (χ0) is 41.4. The molecule has 0 aliphatic carbocycles. The van der Waals surface area contributed by atoms with Gasteiger partial charge in [0.1, 0.15) is 23.0 Å². The van der Waals surface area contributed by atoms with Crippen LogP contribution in [0, 0.1) is 12.3 Å². The van der Waals surface area contributed by atoms with Gasteiger partial charge in [-0.3, -0.25) is 4.57 Å². The lowest BCUT2D eigenvalue weighted by molar-refractivity contribution is 0.411. The number of ether oxygens (including phenoxy) is 1. The van der Waals surface area contributed by atoms with E-state index < -0.39 is 0 Å². The number of fused-ring (bicyclic) bond motifs is 5. The fraction of sp³-hybridized carbons (Fsp3) is 0.226. The number of aryl methyl sites for hydroxylation is 1. The van der Waals surface area contributed by atoms with E-state index in [2.05, 4.69) is 174 Å². The second-order valence-corrected chi connectivity index (χ2v) is 19.4. The third-order valence-electron chi connectivity index (χ3n) is 12.0. The molecule has 7 heteroatoms. The van der Waals surface area contributed by atoms with E-state index >= 15 is 0 Å². The summed E-state index contributed by atoms with van der Waals surface area (Å²) in [6.45, 7) is 18.3. The summed E-state index contributed by atoms with van der Waals surface area (Å²) in [4.78, 5) is 5.37. The maximum atomic E-state index is 6.68. The van der Waals surface area contributed by atoms with Gasteiger partial charge >= 0.3 is 0 Å². The average Bonchev–Trinajstić information content (AvgIpc) is 3.81. The summed E-state index contributed by atoms with van der Waals surface area (Å²) in [6, 6.07) is 45.9. The monoisotopic (exact) mass is 800 g/mol. The van der Waals surface area contributed by atoms with E-state index in [1.165, 1.54) is 59.8 Å². The molecule has 0 bridgehead atoms. The molecule has 296 valence electrons. The summed E-state index contributed by atoms with van der Waals surface area (Å²) < 4.78 is 11.5. The van der Waals surface area contributed by atoms with E-state index in [4.69, 9.17) is 14.8 Å². The van der Waals surface area contributed by atoms with Crippen LogP contribution in [0.5, 0.6) is 11.5 Å². The number of hydrogen-bond acceptors (Lipinski definition) is 5. The van der Waals surface area contributed by atoms with Crippen LogP contribution in [0.1, 0.15) is 82.7 Å². The molecule has 0 spiro atoms. The highest BCUT2D eigenvalue weighted by Crippen LogP contribution is 2.42. The van der Waals surface area contributed by atoms with Crippen molar-refractivity contribution in [3.8, 4) is 39.8 Å². The van der Waals surface area contributed by atoms with Gasteiger partial charge < -0.3 is 4.74 Å². The van der Waals surface area contributed by atoms with Crippen molar-refractivity contribution in [2.24, 2.45) is 5.41 Å². The van der Waals surface area contributed by atoms with Crippen LogP contribution in [-0.4, -0.2) is 26.5 Å². The van der Waals surface area contributed by atoms with E-state index in [-0.39, 0.29) is 12.1 Å². The molecule has 6 aromatic carbocycles. The van der Waals surface area contributed by atoms with Crippen LogP contribution in [0.2, 0.25) is 0 Å². The molecule has 4 heterocycles. The predicted molar refractivity (Wildman–Crippen MR) is 254 cm³/mol. The van der Waals surface area contributed by atoms with Crippen molar-refractivity contribution in [3.63, 3.8) is 0 Å². The first kappa shape index (κ1) is 38.2. The standard InChI is InChI=1S/C53H49BN4OS/c1-31(2)39-19-13-20-40(32(3)4)48(39)54-42-21-9-10-24-45(42)58-50-43(54)22-14-23-44(50)55-52(58)36-16-12-18-38(29-36)59-37-17-11-15-35(28-37)49-51-47(33(5)56-57-49)41-26-25-34(27-46(41)60-51)30-53(6,7)8/h9-29,31-32H,30H2,1-8H3. The highest BCUT2D eigenvalue weighted by atomic mass is 32.1. The fourth-order valence-corrected chi connectivity index (χ4v) is 10.8. The summed E-state index contributed by atoms with van der Waals surface area (Å²) in [5, 5.41) is 11.8. The van der Waals surface area contributed by atoms with Gasteiger partial charge in [0, 0.05) is 32.3 Å². The Balaban J connectivity index is 1.04. The molecule has 60 heavy (non-hydrogen) atoms. The summed E-state index contributed by atoms with van der Waals surface area (Å²) in [5.41, 5.74) is 15.5. The smallest absolute Gasteiger partial charge is 0.247 e. The van der Waals surface area contributed by atoms with Gasteiger partial charge in [-0.25, -0.2) is 4.98 Å². The number of aromatic nitrogens is 4. The molecule has 10 rings (SSSR count). The van der Waals surface area contributed by atoms with Gasteiger partial charge in [-0.1, -0.05) is 139 Å². The van der Waals surface area contributed by atoms with Crippen LogP contribution in [0.15, 0.2) is 127 Å². The molecule has 0 radical (unpaired) electrons. The molecule has 1 aliphatic rings. The van der Waals surface area contributed by atoms with Gasteiger partial charge in [0.05, 0.1) is 21.4 Å². The molecule has 0 amide bonds. The highest BCUT2D eigenvalue weighted by molar-refractivity contribution is 7.26. The van der Waals surface area contributed by atoms with Gasteiger partial charge in [0.2, 0.25) is 6.71 Å². The SMILES string of the molecule is Cc1nnc(-c2cccc(Oc3cccc(-c4nc5cccc6c5n4-c4ccccc4B6c4c(C(C)C)cccc4C(C)C)c3)c2)c2sc3cc(CC(C)(C)C)ccc3c12. The lowest BCUT2D eigenvalue weighted by Crippen LogP contribution is -2.58. The maximum Gasteiger partial charge on any atom is 0.247 e. The molecule has 0 saturated heterocycles. The molecule has 0 atom stereocenters. The average molecular weight is 801 g/mol. The van der Waals surface area contributed by atoms with Crippen molar-refractivity contribution < 1.29 is 4.74 Å². The van der Waals surface area contributed by atoms with E-state index in [1.807, 2.05) is 18.2 Å². The molecule has 3 aromatic heterocycles. The molecule has 0 unspecified atom stereocenters. The molecular weight excluding hydrogens is 751 g/mol. The number of para-hydroxylation sites is 2. The number of hydrogen-bond donors (Lipinski definition) is 0. The number of nitrogens with zero attached hydrogens (tertiary/aromatic N) is 4. The van der Waals surface area contributed by atoms with E-state index in [0.717, 1.165) is 56.5 Å². The first-order chi connectivity index (χ1) is 28.9. The molecule has 5 nitrogen and oxygen atoms in total. The van der Waals surface area contributed by atoms with Gasteiger partial charge in [-0.05, 0) is 101 Å². The summed E-state index contributed by atoms with van der Waals surface area (Å²) in [7, 11) is 0. The largest absolute Gasteiger partial charge is 0.457 e. The number of benzene rings is 6. The Morgan fingerprint density at radius 3 is 2.10 bits per heavy atom. The van der Waals surface area contributed by atoms with Gasteiger partial charge in [-0.15, -0.1) is 16.4 Å². The first-order valence-electron chi connectivity index (χ1n) is 21.2. The minimum absolute atomic E-state index is 0.0952. The second kappa shape index (κ2) is 14.6. The second-order valence-electron chi connectivity index (χ2n) is 18.3. The zero-order valence-electron chi connectivity index (χ0n) is 35.7. The van der Waals surface area contributed by atoms with Gasteiger partial charge in [0.25, 0.3) is 0 Å². The van der Waals surface area contributed by atoms with E-state index in [1.54, 1.807) is 11.3 Å². The lowest BCUT2D eigenvalue weighted by atomic mass is 9.33. The Kier molecular flexibility index (Phi) is 9.29. The molecule has 0 fully saturated rings. The van der Waals surface area contributed by atoms with Crippen LogP contribution in [0.3, 0.4) is 0 Å². The third kappa shape index (κ3) is 6.51. The highest BCUT2D eigenvalue weighted by Gasteiger charge is 2.37. The lowest BCUT2D eigenvalue weighted by Gasteiger charge is -2.31. The molecule has 0 saturated carbocycles. The Hall–Kier alpha value is -6.05. The zero-order valence-corrected chi connectivity index (χ0v) is 36.5. The van der Waals surface area contributed by atoms with Crippen molar-refractivity contribution in [1.82, 2.24) is 19.7 Å². The molecule has 9 aromatic rings. The number of imidazole rings is 1. The summed E-state index contributed by atoms with van der Waals surface area (Å²) >= 11 is 1.80. The first-order valence-corrected chi connectivity index (χ1v) is 22.1. The van der Waals surface area contributed by atoms with Crippen LogP contribution in [-0.2, 0) is 6.42 Å². The minimum atomic E-state index is 0.0952. The van der Waals surface area contributed by atoms with Crippen LogP contribution < -0.4 is 21.1 Å². The van der Waals surface area contributed by atoms with Gasteiger partial charge in [-0.2, -0.15) is 5.10 Å². The summed E-state index contributed by atoms with van der Waals surface area (Å²) in [6.07, 6.45) is 1.03. The van der Waals surface area contributed by atoms with E-state index in [9.17, 15) is 0 Å². The van der Waals surface area contributed by atoms with Crippen molar-refractivity contribution in [1.29, 1.82) is 0 Å². The van der Waals surface area contributed by atoms with Crippen LogP contribution in [0.4, 0.5) is 0 Å². The third-order valence-corrected chi connectivity index (χ3v) is 13.2. The predicted octanol–water partition coefficient (Wildman–Crippen LogP) is 12.3. The van der Waals surface area contributed by atoms with Crippen molar-refractivity contribution in [3.05, 3.63) is 150 Å². The van der Waals surface area contributed by atoms with Crippen molar-refractivity contribution in [2.75, 3.05) is 0 Å². The number of rotatable bonds is 8. The summed E-state index contributed by atoms with van der Waals surface area (Å²) in [5.74, 6) is 3.17. The van der Waals surface area contributed by atoms with Crippen LogP contribution >= 0.6 is 11.3 Å². The molecule has 1 aliphatic heterocycles. The Labute approximate surface area is 357 Å². The van der Waals surface area contributed by atoms with Crippen LogP contribution in [0.25, 0.3) is 59.5 Å². The minimum Gasteiger partial charge on any atom is -0.457 e. The molecular formula is C53H49BN4OS. The van der Waals surface area contributed by atoms with E-state index in [0.29, 0.717) is 11.8 Å². The molecule has 0 N–H and O–H groups in total. The fourth-order valence-electron chi connectivity index (χ4n) is 9.51. The number of thiophene rings is 1. The van der Waals surface area contributed by atoms with Gasteiger partial charge in [0.15, 0.2) is 0 Å². The Morgan fingerprint density at radius 2 is 1.37 bits per heavy atom. The normalized spacial score (nSPS) is 12.7. The Bertz CT molecular complexity index is 3110. The Morgan fingerprint density at radius 1 is 0.700 bits per heavy atom. The topological polar surface area (TPSA) is 52.8 Å². The maximum absolute atomic E-state index is 6.68. The quantitative estimate of drug-likeness (QED) is 0.144. The van der Waals surface area contributed by atoms with Crippen molar-refractivity contribution >= 4 is 65.6 Å². The van der Waals surface area contributed by atoms with Crippen molar-refractivity contribution in [2.45, 2.75) is 73.6 Å².